The Morgan fingerprint density at radius 2 is 2.17 bits per heavy atom. The Kier molecular flexibility index (Phi) is 3.65. The normalized spacial score (nSPS) is 18.0. The Hall–Kier alpha value is -2.89. The van der Waals surface area contributed by atoms with Crippen LogP contribution in [0.3, 0.4) is 0 Å². The predicted molar refractivity (Wildman–Crippen MR) is 91.0 cm³/mol. The number of imidazole rings is 1. The van der Waals surface area contributed by atoms with Gasteiger partial charge in [0.25, 0.3) is 0 Å². The van der Waals surface area contributed by atoms with Crippen molar-refractivity contribution in [1.82, 2.24) is 14.4 Å². The summed E-state index contributed by atoms with van der Waals surface area (Å²) in [5, 5.41) is 9.26. The summed E-state index contributed by atoms with van der Waals surface area (Å²) < 4.78 is 1.99. The minimum Gasteiger partial charge on any atom is -0.481 e. The highest BCUT2D eigenvalue weighted by molar-refractivity contribution is 5.71. The van der Waals surface area contributed by atoms with Crippen LogP contribution in [0.15, 0.2) is 49.1 Å². The van der Waals surface area contributed by atoms with Crippen LogP contribution in [0.5, 0.6) is 0 Å². The van der Waals surface area contributed by atoms with Crippen molar-refractivity contribution in [2.45, 2.75) is 12.8 Å². The third kappa shape index (κ3) is 2.71. The molecule has 3 aromatic heterocycles. The van der Waals surface area contributed by atoms with E-state index < -0.39 is 5.97 Å². The molecule has 0 amide bonds. The van der Waals surface area contributed by atoms with Crippen LogP contribution >= 0.6 is 0 Å². The van der Waals surface area contributed by atoms with Crippen molar-refractivity contribution in [1.29, 1.82) is 0 Å². The monoisotopic (exact) mass is 322 g/mol. The molecule has 6 nitrogen and oxygen atoms in total. The van der Waals surface area contributed by atoms with E-state index in [1.54, 1.807) is 12.4 Å². The number of piperidine rings is 1. The summed E-state index contributed by atoms with van der Waals surface area (Å²) in [6.45, 7) is 1.45. The van der Waals surface area contributed by atoms with Crippen LogP contribution < -0.4 is 4.90 Å². The highest BCUT2D eigenvalue weighted by atomic mass is 16.4. The second-order valence-corrected chi connectivity index (χ2v) is 6.14. The Labute approximate surface area is 139 Å². The van der Waals surface area contributed by atoms with Gasteiger partial charge in [-0.05, 0) is 37.1 Å². The van der Waals surface area contributed by atoms with Crippen molar-refractivity contribution in [3.8, 4) is 11.3 Å². The zero-order valence-electron chi connectivity index (χ0n) is 13.2. The molecule has 0 radical (unpaired) electrons. The molecule has 1 aliphatic heterocycles. The van der Waals surface area contributed by atoms with Crippen molar-refractivity contribution in [2.24, 2.45) is 5.92 Å². The van der Waals surface area contributed by atoms with E-state index in [1.807, 2.05) is 41.1 Å². The number of rotatable bonds is 3. The van der Waals surface area contributed by atoms with E-state index in [4.69, 9.17) is 0 Å². The zero-order chi connectivity index (χ0) is 16.5. The first-order valence-electron chi connectivity index (χ1n) is 8.07. The number of hydrogen-bond acceptors (Lipinski definition) is 4. The second-order valence-electron chi connectivity index (χ2n) is 6.14. The average molecular weight is 322 g/mol. The summed E-state index contributed by atoms with van der Waals surface area (Å²) in [5.74, 6) is -0.995. The van der Waals surface area contributed by atoms with Crippen molar-refractivity contribution in [2.75, 3.05) is 18.0 Å². The number of pyridine rings is 2. The molecule has 4 heterocycles. The van der Waals surface area contributed by atoms with Gasteiger partial charge >= 0.3 is 5.97 Å². The molecule has 3 aromatic rings. The van der Waals surface area contributed by atoms with E-state index in [0.29, 0.717) is 6.54 Å². The minimum absolute atomic E-state index is 0.289. The van der Waals surface area contributed by atoms with E-state index in [-0.39, 0.29) is 5.92 Å². The van der Waals surface area contributed by atoms with Crippen molar-refractivity contribution in [3.05, 3.63) is 49.1 Å². The molecule has 1 fully saturated rings. The molecule has 0 saturated carbocycles. The fraction of sp³-hybridized carbons (Fsp3) is 0.278. The molecular formula is C18H18N4O2. The quantitative estimate of drug-likeness (QED) is 0.803. The van der Waals surface area contributed by atoms with Gasteiger partial charge in [-0.25, -0.2) is 4.98 Å². The Morgan fingerprint density at radius 3 is 2.96 bits per heavy atom. The minimum atomic E-state index is -0.706. The van der Waals surface area contributed by atoms with Crippen LogP contribution in [0.1, 0.15) is 12.8 Å². The molecule has 6 heteroatoms. The average Bonchev–Trinajstić information content (AvgIpc) is 3.06. The maximum atomic E-state index is 11.3. The molecule has 1 N–H and O–H groups in total. The number of aliphatic carboxylic acids is 1. The molecular weight excluding hydrogens is 304 g/mol. The number of aromatic nitrogens is 3. The molecule has 0 aliphatic carbocycles. The van der Waals surface area contributed by atoms with Crippen LogP contribution in [-0.2, 0) is 4.79 Å². The van der Waals surface area contributed by atoms with Gasteiger partial charge in [0.1, 0.15) is 5.65 Å². The Balaban J connectivity index is 1.65. The van der Waals surface area contributed by atoms with Crippen LogP contribution in [0.25, 0.3) is 16.9 Å². The maximum absolute atomic E-state index is 11.3. The third-order valence-electron chi connectivity index (χ3n) is 4.53. The lowest BCUT2D eigenvalue weighted by Gasteiger charge is -2.32. The molecule has 0 aromatic carbocycles. The first-order chi connectivity index (χ1) is 11.7. The lowest BCUT2D eigenvalue weighted by molar-refractivity contribution is -0.141. The molecule has 1 atom stereocenters. The lowest BCUT2D eigenvalue weighted by Crippen LogP contribution is -2.38. The fourth-order valence-electron chi connectivity index (χ4n) is 3.23. The molecule has 0 bridgehead atoms. The number of carboxylic acid groups (broad SMARTS) is 1. The molecule has 0 spiro atoms. The van der Waals surface area contributed by atoms with Crippen LogP contribution in [0, 0.1) is 5.92 Å². The van der Waals surface area contributed by atoms with Gasteiger partial charge in [-0.15, -0.1) is 0 Å². The van der Waals surface area contributed by atoms with Crippen molar-refractivity contribution < 1.29 is 9.90 Å². The van der Waals surface area contributed by atoms with Gasteiger partial charge in [0, 0.05) is 43.4 Å². The number of fused-ring (bicyclic) bond motifs is 1. The number of carboxylic acids is 1. The van der Waals surface area contributed by atoms with Crippen LogP contribution in [-0.4, -0.2) is 38.5 Å². The second kappa shape index (κ2) is 5.96. The van der Waals surface area contributed by atoms with Gasteiger partial charge < -0.3 is 14.4 Å². The molecule has 1 unspecified atom stereocenters. The highest BCUT2D eigenvalue weighted by Crippen LogP contribution is 2.25. The van der Waals surface area contributed by atoms with Gasteiger partial charge in [0.05, 0.1) is 17.3 Å². The van der Waals surface area contributed by atoms with Gasteiger partial charge in [0.2, 0.25) is 0 Å². The molecule has 122 valence electrons. The summed E-state index contributed by atoms with van der Waals surface area (Å²) in [6, 6.07) is 7.86. The number of carbonyl (C=O) groups is 1. The first-order valence-corrected chi connectivity index (χ1v) is 8.07. The predicted octanol–water partition coefficient (Wildman–Crippen LogP) is 2.70. The van der Waals surface area contributed by atoms with E-state index in [1.165, 1.54) is 0 Å². The number of anilines is 1. The Bertz CT molecular complexity index is 875. The SMILES string of the molecule is O=C(O)C1CCCN(c2ccc3nc(-c4cccnc4)cn3c2)C1. The van der Waals surface area contributed by atoms with Gasteiger partial charge in [0.15, 0.2) is 0 Å². The Morgan fingerprint density at radius 1 is 1.25 bits per heavy atom. The van der Waals surface area contributed by atoms with Gasteiger partial charge in [-0.1, -0.05) is 0 Å². The van der Waals surface area contributed by atoms with E-state index in [2.05, 4.69) is 14.9 Å². The van der Waals surface area contributed by atoms with Gasteiger partial charge in [-0.2, -0.15) is 0 Å². The maximum Gasteiger partial charge on any atom is 0.308 e. The van der Waals surface area contributed by atoms with E-state index in [9.17, 15) is 9.90 Å². The van der Waals surface area contributed by atoms with E-state index in [0.717, 1.165) is 42.0 Å². The van der Waals surface area contributed by atoms with Crippen LogP contribution in [0.2, 0.25) is 0 Å². The highest BCUT2D eigenvalue weighted by Gasteiger charge is 2.25. The number of nitrogens with zero attached hydrogens (tertiary/aromatic N) is 4. The first kappa shape index (κ1) is 14.7. The van der Waals surface area contributed by atoms with Gasteiger partial charge in [-0.3, -0.25) is 9.78 Å². The summed E-state index contributed by atoms with van der Waals surface area (Å²) >= 11 is 0. The topological polar surface area (TPSA) is 70.7 Å². The summed E-state index contributed by atoms with van der Waals surface area (Å²) in [7, 11) is 0. The van der Waals surface area contributed by atoms with E-state index >= 15 is 0 Å². The summed E-state index contributed by atoms with van der Waals surface area (Å²) in [4.78, 5) is 22.2. The zero-order valence-corrected chi connectivity index (χ0v) is 13.2. The smallest absolute Gasteiger partial charge is 0.308 e. The van der Waals surface area contributed by atoms with Crippen molar-refractivity contribution >= 4 is 17.3 Å². The molecule has 1 aliphatic rings. The fourth-order valence-corrected chi connectivity index (χ4v) is 3.23. The molecule has 4 rings (SSSR count). The largest absolute Gasteiger partial charge is 0.481 e. The van der Waals surface area contributed by atoms with Crippen molar-refractivity contribution in [3.63, 3.8) is 0 Å². The number of hydrogen-bond donors (Lipinski definition) is 1. The van der Waals surface area contributed by atoms with Crippen LogP contribution in [0.4, 0.5) is 5.69 Å². The molecule has 1 saturated heterocycles. The standard InChI is InChI=1S/C18H18N4O2/c23-18(24)14-4-2-8-21(10-14)15-5-6-17-20-16(12-22(17)11-15)13-3-1-7-19-9-13/h1,3,5-7,9,11-12,14H,2,4,8,10H2,(H,23,24). The summed E-state index contributed by atoms with van der Waals surface area (Å²) in [6.07, 6.45) is 9.20. The lowest BCUT2D eigenvalue weighted by atomic mass is 9.98. The summed E-state index contributed by atoms with van der Waals surface area (Å²) in [5.41, 5.74) is 3.75. The molecule has 24 heavy (non-hydrogen) atoms. The third-order valence-corrected chi connectivity index (χ3v) is 4.53.